The molecule has 1 unspecified atom stereocenters. The summed E-state index contributed by atoms with van der Waals surface area (Å²) < 4.78 is 0. The Morgan fingerprint density at radius 3 is 2.70 bits per heavy atom. The van der Waals surface area contributed by atoms with Crippen LogP contribution in [0.15, 0.2) is 54.9 Å². The van der Waals surface area contributed by atoms with Gasteiger partial charge in [-0.3, -0.25) is 9.78 Å². The Hall–Kier alpha value is -2.20. The van der Waals surface area contributed by atoms with E-state index in [9.17, 15) is 4.79 Å². The maximum absolute atomic E-state index is 12.9. The van der Waals surface area contributed by atoms with E-state index in [0.29, 0.717) is 11.8 Å². The Morgan fingerprint density at radius 2 is 1.96 bits per heavy atom. The molecule has 27 heavy (non-hydrogen) atoms. The molecule has 142 valence electrons. The SMILES string of the molecule is O=C(C1CC1)N(CC1CCCN(CCc2ccccc2)C1)c1cccnc1. The molecular weight excluding hydrogens is 334 g/mol. The summed E-state index contributed by atoms with van der Waals surface area (Å²) >= 11 is 0. The van der Waals surface area contributed by atoms with Gasteiger partial charge in [0, 0.05) is 31.7 Å². The van der Waals surface area contributed by atoms with Gasteiger partial charge >= 0.3 is 0 Å². The predicted molar refractivity (Wildman–Crippen MR) is 109 cm³/mol. The highest BCUT2D eigenvalue weighted by molar-refractivity contribution is 5.96. The Balaban J connectivity index is 1.37. The summed E-state index contributed by atoms with van der Waals surface area (Å²) in [6.45, 7) is 4.18. The molecule has 0 N–H and O–H groups in total. The molecule has 4 rings (SSSR count). The second-order valence-electron chi connectivity index (χ2n) is 7.98. The fraction of sp³-hybridized carbons (Fsp3) is 0.478. The van der Waals surface area contributed by atoms with Crippen LogP contribution in [0, 0.1) is 11.8 Å². The average molecular weight is 364 g/mol. The van der Waals surface area contributed by atoms with Crippen LogP contribution in [-0.4, -0.2) is 42.0 Å². The maximum Gasteiger partial charge on any atom is 0.230 e. The number of carbonyl (C=O) groups excluding carboxylic acids is 1. The van der Waals surface area contributed by atoms with E-state index in [0.717, 1.165) is 44.6 Å². The van der Waals surface area contributed by atoms with Gasteiger partial charge in [-0.25, -0.2) is 0 Å². The first-order valence-corrected chi connectivity index (χ1v) is 10.3. The van der Waals surface area contributed by atoms with Gasteiger partial charge < -0.3 is 9.80 Å². The number of pyridine rings is 1. The van der Waals surface area contributed by atoms with Gasteiger partial charge in [0.2, 0.25) is 5.91 Å². The molecule has 2 fully saturated rings. The third kappa shape index (κ3) is 4.95. The summed E-state index contributed by atoms with van der Waals surface area (Å²) in [5.41, 5.74) is 2.36. The molecule has 1 amide bonds. The van der Waals surface area contributed by atoms with Crippen molar-refractivity contribution in [3.63, 3.8) is 0 Å². The first kappa shape index (κ1) is 18.2. The van der Waals surface area contributed by atoms with Crippen LogP contribution in [0.25, 0.3) is 0 Å². The molecule has 4 heteroatoms. The van der Waals surface area contributed by atoms with Crippen molar-refractivity contribution in [3.05, 3.63) is 60.4 Å². The number of hydrogen-bond acceptors (Lipinski definition) is 3. The highest BCUT2D eigenvalue weighted by Gasteiger charge is 2.35. The minimum absolute atomic E-state index is 0.239. The van der Waals surface area contributed by atoms with E-state index >= 15 is 0 Å². The third-order valence-electron chi connectivity index (χ3n) is 5.75. The zero-order chi connectivity index (χ0) is 18.5. The maximum atomic E-state index is 12.9. The van der Waals surface area contributed by atoms with Gasteiger partial charge in [-0.15, -0.1) is 0 Å². The highest BCUT2D eigenvalue weighted by Crippen LogP contribution is 2.33. The van der Waals surface area contributed by atoms with Crippen LogP contribution >= 0.6 is 0 Å². The molecule has 1 aliphatic carbocycles. The third-order valence-corrected chi connectivity index (χ3v) is 5.75. The molecule has 1 saturated carbocycles. The van der Waals surface area contributed by atoms with Crippen molar-refractivity contribution in [2.45, 2.75) is 32.1 Å². The summed E-state index contributed by atoms with van der Waals surface area (Å²) in [4.78, 5) is 21.7. The molecule has 1 atom stereocenters. The van der Waals surface area contributed by atoms with Gasteiger partial charge in [-0.1, -0.05) is 30.3 Å². The van der Waals surface area contributed by atoms with Crippen LogP contribution < -0.4 is 4.90 Å². The van der Waals surface area contributed by atoms with Crippen molar-refractivity contribution in [2.24, 2.45) is 11.8 Å². The fourth-order valence-corrected chi connectivity index (χ4v) is 4.08. The molecule has 0 radical (unpaired) electrons. The molecule has 1 aromatic heterocycles. The summed E-state index contributed by atoms with van der Waals surface area (Å²) in [6.07, 6.45) is 9.22. The van der Waals surface area contributed by atoms with Crippen molar-refractivity contribution in [3.8, 4) is 0 Å². The van der Waals surface area contributed by atoms with Crippen LogP contribution in [0.3, 0.4) is 0 Å². The molecule has 0 spiro atoms. The minimum atomic E-state index is 0.239. The van der Waals surface area contributed by atoms with Crippen molar-refractivity contribution in [1.82, 2.24) is 9.88 Å². The van der Waals surface area contributed by atoms with Crippen LogP contribution in [0.1, 0.15) is 31.2 Å². The molecular formula is C23H29N3O. The van der Waals surface area contributed by atoms with E-state index in [-0.39, 0.29) is 5.92 Å². The Bertz CT molecular complexity index is 730. The Labute approximate surface area is 162 Å². The largest absolute Gasteiger partial charge is 0.310 e. The molecule has 1 saturated heterocycles. The number of nitrogens with zero attached hydrogens (tertiary/aromatic N) is 3. The number of anilines is 1. The van der Waals surface area contributed by atoms with Gasteiger partial charge in [-0.05, 0) is 62.3 Å². The van der Waals surface area contributed by atoms with Gasteiger partial charge in [-0.2, -0.15) is 0 Å². The molecule has 2 aliphatic rings. The number of rotatable bonds is 7. The van der Waals surface area contributed by atoms with Crippen LogP contribution in [0.5, 0.6) is 0 Å². The minimum Gasteiger partial charge on any atom is -0.310 e. The van der Waals surface area contributed by atoms with Gasteiger partial charge in [0.15, 0.2) is 0 Å². The second-order valence-corrected chi connectivity index (χ2v) is 7.98. The van der Waals surface area contributed by atoms with E-state index in [1.165, 1.54) is 24.9 Å². The Morgan fingerprint density at radius 1 is 1.11 bits per heavy atom. The molecule has 1 aromatic carbocycles. The standard InChI is InChI=1S/C23H29N3O/c27-23(21-10-11-21)26(22-9-4-13-24-16-22)18-20-8-5-14-25(17-20)15-12-19-6-2-1-3-7-19/h1-4,6-7,9,13,16,20-21H,5,8,10-12,14-15,17-18H2. The molecule has 4 nitrogen and oxygen atoms in total. The first-order chi connectivity index (χ1) is 13.3. The first-order valence-electron chi connectivity index (χ1n) is 10.3. The van der Waals surface area contributed by atoms with Crippen molar-refractivity contribution in [1.29, 1.82) is 0 Å². The molecule has 2 heterocycles. The van der Waals surface area contributed by atoms with E-state index in [1.807, 2.05) is 23.2 Å². The topological polar surface area (TPSA) is 36.4 Å². The lowest BCUT2D eigenvalue weighted by Crippen LogP contribution is -2.44. The normalized spacial score (nSPS) is 20.4. The number of likely N-dealkylation sites (tertiary alicyclic amines) is 1. The van der Waals surface area contributed by atoms with Crippen LogP contribution in [0.4, 0.5) is 5.69 Å². The number of amides is 1. The number of hydrogen-bond donors (Lipinski definition) is 0. The van der Waals surface area contributed by atoms with Gasteiger partial charge in [0.25, 0.3) is 0 Å². The van der Waals surface area contributed by atoms with Gasteiger partial charge in [0.05, 0.1) is 11.9 Å². The predicted octanol–water partition coefficient (Wildman–Crippen LogP) is 3.78. The quantitative estimate of drug-likeness (QED) is 0.751. The molecule has 0 bridgehead atoms. The van der Waals surface area contributed by atoms with E-state index in [1.54, 1.807) is 6.20 Å². The van der Waals surface area contributed by atoms with Crippen molar-refractivity contribution >= 4 is 11.6 Å². The Kier molecular flexibility index (Phi) is 5.83. The van der Waals surface area contributed by atoms with E-state index in [4.69, 9.17) is 0 Å². The van der Waals surface area contributed by atoms with Crippen LogP contribution in [0.2, 0.25) is 0 Å². The summed E-state index contributed by atoms with van der Waals surface area (Å²) in [5.74, 6) is 1.07. The lowest BCUT2D eigenvalue weighted by Gasteiger charge is -2.35. The zero-order valence-corrected chi connectivity index (χ0v) is 16.0. The van der Waals surface area contributed by atoms with E-state index in [2.05, 4.69) is 40.2 Å². The van der Waals surface area contributed by atoms with Crippen molar-refractivity contribution in [2.75, 3.05) is 31.1 Å². The smallest absolute Gasteiger partial charge is 0.230 e. The summed E-state index contributed by atoms with van der Waals surface area (Å²) in [5, 5.41) is 0. The molecule has 1 aliphatic heterocycles. The zero-order valence-electron chi connectivity index (χ0n) is 16.0. The molecule has 2 aromatic rings. The van der Waals surface area contributed by atoms with Crippen molar-refractivity contribution < 1.29 is 4.79 Å². The highest BCUT2D eigenvalue weighted by atomic mass is 16.2. The van der Waals surface area contributed by atoms with Crippen LogP contribution in [-0.2, 0) is 11.2 Å². The number of benzene rings is 1. The second kappa shape index (κ2) is 8.66. The number of aromatic nitrogens is 1. The lowest BCUT2D eigenvalue weighted by atomic mass is 9.96. The van der Waals surface area contributed by atoms with E-state index < -0.39 is 0 Å². The number of piperidine rings is 1. The average Bonchev–Trinajstić information content (AvgIpc) is 3.57. The lowest BCUT2D eigenvalue weighted by molar-refractivity contribution is -0.120. The summed E-state index contributed by atoms with van der Waals surface area (Å²) in [7, 11) is 0. The summed E-state index contributed by atoms with van der Waals surface area (Å²) in [6, 6.07) is 14.7. The monoisotopic (exact) mass is 363 g/mol. The fourth-order valence-electron chi connectivity index (χ4n) is 4.08. The number of carbonyl (C=O) groups is 1. The van der Waals surface area contributed by atoms with Gasteiger partial charge in [0.1, 0.15) is 0 Å².